The van der Waals surface area contributed by atoms with Crippen LogP contribution in [-0.2, 0) is 0 Å². The standard InChI is InChI=1S/C19H23ClN2O4/c1-11(2)10-26-18-14(20)7-12(8-17(18)25-4)19(23)22-13-5-6-16(24-3)15(21)9-13/h5-9,11H,10,21H2,1-4H3,(H,22,23). The normalized spacial score (nSPS) is 10.5. The van der Waals surface area contributed by atoms with Crippen LogP contribution in [0.15, 0.2) is 30.3 Å². The molecule has 0 aliphatic heterocycles. The number of amides is 1. The van der Waals surface area contributed by atoms with Crippen LogP contribution in [0.4, 0.5) is 11.4 Å². The van der Waals surface area contributed by atoms with E-state index in [1.165, 1.54) is 14.2 Å². The van der Waals surface area contributed by atoms with E-state index in [-0.39, 0.29) is 5.91 Å². The molecule has 3 N–H and O–H groups in total. The van der Waals surface area contributed by atoms with Crippen LogP contribution < -0.4 is 25.3 Å². The minimum atomic E-state index is -0.342. The predicted molar refractivity (Wildman–Crippen MR) is 104 cm³/mol. The van der Waals surface area contributed by atoms with Crippen LogP contribution in [0, 0.1) is 5.92 Å². The van der Waals surface area contributed by atoms with Gasteiger partial charge in [0.25, 0.3) is 5.91 Å². The number of hydrogen-bond donors (Lipinski definition) is 2. The summed E-state index contributed by atoms with van der Waals surface area (Å²) in [6, 6.07) is 8.13. The molecule has 2 aromatic carbocycles. The Kier molecular flexibility index (Phi) is 6.58. The third-order valence-corrected chi connectivity index (χ3v) is 3.82. The number of anilines is 2. The topological polar surface area (TPSA) is 82.8 Å². The van der Waals surface area contributed by atoms with E-state index in [4.69, 9.17) is 31.5 Å². The average molecular weight is 379 g/mol. The molecule has 7 heteroatoms. The Morgan fingerprint density at radius 2 is 1.85 bits per heavy atom. The second kappa shape index (κ2) is 8.67. The molecule has 0 saturated carbocycles. The maximum Gasteiger partial charge on any atom is 0.255 e. The number of nitrogens with two attached hydrogens (primary N) is 1. The smallest absolute Gasteiger partial charge is 0.255 e. The van der Waals surface area contributed by atoms with E-state index >= 15 is 0 Å². The van der Waals surface area contributed by atoms with Gasteiger partial charge in [0.05, 0.1) is 31.5 Å². The number of nitrogens with one attached hydrogen (secondary N) is 1. The van der Waals surface area contributed by atoms with Crippen molar-refractivity contribution in [2.45, 2.75) is 13.8 Å². The highest BCUT2D eigenvalue weighted by Gasteiger charge is 2.17. The molecule has 6 nitrogen and oxygen atoms in total. The molecular weight excluding hydrogens is 356 g/mol. The molecule has 0 aromatic heterocycles. The van der Waals surface area contributed by atoms with Crippen LogP contribution in [0.25, 0.3) is 0 Å². The summed E-state index contributed by atoms with van der Waals surface area (Å²) in [5.74, 6) is 1.36. The Balaban J connectivity index is 2.23. The van der Waals surface area contributed by atoms with E-state index in [0.717, 1.165) is 0 Å². The van der Waals surface area contributed by atoms with Crippen molar-refractivity contribution < 1.29 is 19.0 Å². The maximum absolute atomic E-state index is 12.5. The van der Waals surface area contributed by atoms with E-state index < -0.39 is 0 Å². The number of nitrogen functional groups attached to an aromatic ring is 1. The molecule has 0 atom stereocenters. The minimum absolute atomic E-state index is 0.310. The Bertz CT molecular complexity index is 793. The number of carbonyl (C=O) groups excluding carboxylic acids is 1. The minimum Gasteiger partial charge on any atom is -0.495 e. The molecular formula is C19H23ClN2O4. The molecule has 0 heterocycles. The first-order valence-electron chi connectivity index (χ1n) is 8.11. The zero-order valence-electron chi connectivity index (χ0n) is 15.3. The number of benzene rings is 2. The van der Waals surface area contributed by atoms with Gasteiger partial charge in [-0.3, -0.25) is 4.79 Å². The fourth-order valence-corrected chi connectivity index (χ4v) is 2.52. The van der Waals surface area contributed by atoms with Gasteiger partial charge in [-0.1, -0.05) is 25.4 Å². The largest absolute Gasteiger partial charge is 0.495 e. The van der Waals surface area contributed by atoms with Gasteiger partial charge in [-0.15, -0.1) is 0 Å². The van der Waals surface area contributed by atoms with Crippen molar-refractivity contribution in [2.24, 2.45) is 5.92 Å². The Labute approximate surface area is 158 Å². The molecule has 0 fully saturated rings. The summed E-state index contributed by atoms with van der Waals surface area (Å²) >= 11 is 6.29. The number of rotatable bonds is 7. The number of hydrogen-bond acceptors (Lipinski definition) is 5. The number of carbonyl (C=O) groups is 1. The first-order valence-corrected chi connectivity index (χ1v) is 8.48. The summed E-state index contributed by atoms with van der Waals surface area (Å²) in [7, 11) is 3.03. The lowest BCUT2D eigenvalue weighted by molar-refractivity contribution is 0.102. The SMILES string of the molecule is COc1ccc(NC(=O)c2cc(Cl)c(OCC(C)C)c(OC)c2)cc1N. The first-order chi connectivity index (χ1) is 12.3. The summed E-state index contributed by atoms with van der Waals surface area (Å²) in [5, 5.41) is 3.08. The number of methoxy groups -OCH3 is 2. The monoisotopic (exact) mass is 378 g/mol. The molecule has 2 rings (SSSR count). The van der Waals surface area contributed by atoms with Gasteiger partial charge < -0.3 is 25.3 Å². The summed E-state index contributed by atoms with van der Waals surface area (Å²) in [6.45, 7) is 4.55. The lowest BCUT2D eigenvalue weighted by Gasteiger charge is -2.15. The molecule has 0 radical (unpaired) electrons. The Morgan fingerprint density at radius 3 is 2.42 bits per heavy atom. The molecule has 0 aliphatic carbocycles. The Morgan fingerprint density at radius 1 is 1.15 bits per heavy atom. The van der Waals surface area contributed by atoms with Crippen molar-refractivity contribution in [1.29, 1.82) is 0 Å². The summed E-state index contributed by atoms with van der Waals surface area (Å²) < 4.78 is 16.1. The van der Waals surface area contributed by atoms with Gasteiger partial charge in [-0.2, -0.15) is 0 Å². The van der Waals surface area contributed by atoms with E-state index in [1.54, 1.807) is 30.3 Å². The fourth-order valence-electron chi connectivity index (χ4n) is 2.26. The van der Waals surface area contributed by atoms with Crippen LogP contribution in [0.1, 0.15) is 24.2 Å². The van der Waals surface area contributed by atoms with E-state index in [2.05, 4.69) is 5.32 Å². The molecule has 1 amide bonds. The highest BCUT2D eigenvalue weighted by Crippen LogP contribution is 2.37. The van der Waals surface area contributed by atoms with Crippen LogP contribution in [0.5, 0.6) is 17.2 Å². The lowest BCUT2D eigenvalue weighted by atomic mass is 10.1. The van der Waals surface area contributed by atoms with Crippen molar-refractivity contribution in [1.82, 2.24) is 0 Å². The molecule has 140 valence electrons. The molecule has 0 unspecified atom stereocenters. The van der Waals surface area contributed by atoms with Crippen LogP contribution in [0.2, 0.25) is 5.02 Å². The quantitative estimate of drug-likeness (QED) is 0.704. The van der Waals surface area contributed by atoms with Gasteiger partial charge in [-0.25, -0.2) is 0 Å². The van der Waals surface area contributed by atoms with E-state index in [9.17, 15) is 4.79 Å². The van der Waals surface area contributed by atoms with Gasteiger partial charge in [0.15, 0.2) is 11.5 Å². The van der Waals surface area contributed by atoms with Gasteiger partial charge in [0, 0.05) is 11.3 Å². The highest BCUT2D eigenvalue weighted by atomic mass is 35.5. The number of halogens is 1. The second-order valence-corrected chi connectivity index (χ2v) is 6.51. The van der Waals surface area contributed by atoms with Crippen LogP contribution in [-0.4, -0.2) is 26.7 Å². The predicted octanol–water partition coefficient (Wildman–Crippen LogP) is 4.23. The zero-order chi connectivity index (χ0) is 19.3. The molecule has 0 spiro atoms. The van der Waals surface area contributed by atoms with Crippen molar-refractivity contribution in [2.75, 3.05) is 31.9 Å². The van der Waals surface area contributed by atoms with Crippen LogP contribution >= 0.6 is 11.6 Å². The van der Waals surface area contributed by atoms with Crippen molar-refractivity contribution >= 4 is 28.9 Å². The second-order valence-electron chi connectivity index (χ2n) is 6.11. The van der Waals surface area contributed by atoms with Gasteiger partial charge in [-0.05, 0) is 36.2 Å². The maximum atomic E-state index is 12.5. The lowest BCUT2D eigenvalue weighted by Crippen LogP contribution is -2.13. The summed E-state index contributed by atoms with van der Waals surface area (Å²) in [6.07, 6.45) is 0. The van der Waals surface area contributed by atoms with Crippen molar-refractivity contribution in [3.8, 4) is 17.2 Å². The van der Waals surface area contributed by atoms with Gasteiger partial charge in [0.1, 0.15) is 5.75 Å². The molecule has 26 heavy (non-hydrogen) atoms. The molecule has 0 saturated heterocycles. The molecule has 0 aliphatic rings. The fraction of sp³-hybridized carbons (Fsp3) is 0.316. The number of ether oxygens (including phenoxy) is 3. The average Bonchev–Trinajstić information content (AvgIpc) is 2.60. The summed E-state index contributed by atoms with van der Waals surface area (Å²) in [4.78, 5) is 12.5. The van der Waals surface area contributed by atoms with Crippen molar-refractivity contribution in [3.05, 3.63) is 40.9 Å². The third-order valence-electron chi connectivity index (χ3n) is 3.54. The van der Waals surface area contributed by atoms with Gasteiger partial charge in [0.2, 0.25) is 0 Å². The van der Waals surface area contributed by atoms with Crippen molar-refractivity contribution in [3.63, 3.8) is 0 Å². The molecule has 2 aromatic rings. The summed E-state index contributed by atoms with van der Waals surface area (Å²) in [5.41, 5.74) is 7.18. The van der Waals surface area contributed by atoms with E-state index in [0.29, 0.717) is 51.7 Å². The van der Waals surface area contributed by atoms with Crippen LogP contribution in [0.3, 0.4) is 0 Å². The molecule has 0 bridgehead atoms. The highest BCUT2D eigenvalue weighted by molar-refractivity contribution is 6.32. The Hall–Kier alpha value is -2.60. The third kappa shape index (κ3) is 4.73. The van der Waals surface area contributed by atoms with E-state index in [1.807, 2.05) is 13.8 Å². The zero-order valence-corrected chi connectivity index (χ0v) is 16.0. The first kappa shape index (κ1) is 19.7. The van der Waals surface area contributed by atoms with Gasteiger partial charge >= 0.3 is 0 Å².